The molecule has 0 aromatic heterocycles. The van der Waals surface area contributed by atoms with Gasteiger partial charge >= 0.3 is 0 Å². The van der Waals surface area contributed by atoms with Gasteiger partial charge in [-0.3, -0.25) is 0 Å². The molecule has 0 fully saturated rings. The Kier molecular flexibility index (Phi) is 4.45. The molecule has 9 rings (SSSR count). The molecule has 0 amide bonds. The molecule has 0 saturated carbocycles. The molecule has 1 unspecified atom stereocenters. The van der Waals surface area contributed by atoms with Gasteiger partial charge in [0.25, 0.3) is 0 Å². The number of hydrogen-bond donors (Lipinski definition) is 1. The first-order chi connectivity index (χ1) is 19.8. The molecule has 1 nitrogen and oxygen atoms in total. The molecule has 7 aromatic rings. The predicted molar refractivity (Wildman–Crippen MR) is 170 cm³/mol. The van der Waals surface area contributed by atoms with E-state index in [1.54, 1.807) is 0 Å². The topological polar surface area (TPSA) is 12.0 Å². The van der Waals surface area contributed by atoms with Gasteiger partial charge < -0.3 is 5.32 Å². The van der Waals surface area contributed by atoms with Crippen molar-refractivity contribution in [2.75, 3.05) is 5.32 Å². The van der Waals surface area contributed by atoms with Crippen LogP contribution >= 0.6 is 0 Å². The molecule has 186 valence electrons. The molecule has 0 saturated heterocycles. The van der Waals surface area contributed by atoms with Crippen molar-refractivity contribution in [3.63, 3.8) is 0 Å². The Morgan fingerprint density at radius 3 is 2.15 bits per heavy atom. The van der Waals surface area contributed by atoms with Crippen molar-refractivity contribution in [2.45, 2.75) is 6.04 Å². The van der Waals surface area contributed by atoms with E-state index in [1.807, 2.05) is 0 Å². The molecule has 1 heteroatoms. The van der Waals surface area contributed by atoms with E-state index in [9.17, 15) is 0 Å². The zero-order valence-electron chi connectivity index (χ0n) is 21.9. The number of benzene rings is 7. The molecule has 1 aliphatic heterocycles. The van der Waals surface area contributed by atoms with Crippen LogP contribution in [0.2, 0.25) is 0 Å². The van der Waals surface area contributed by atoms with E-state index in [4.69, 9.17) is 0 Å². The fraction of sp³-hybridized carbons (Fsp3) is 0.0256. The second-order valence-corrected chi connectivity index (χ2v) is 11.0. The maximum atomic E-state index is 3.84. The minimum Gasteiger partial charge on any atom is -0.374 e. The Balaban J connectivity index is 1.28. The molecule has 0 radical (unpaired) electrons. The Labute approximate surface area is 233 Å². The highest BCUT2D eigenvalue weighted by atomic mass is 14.9. The lowest BCUT2D eigenvalue weighted by molar-refractivity contribution is 0.917. The van der Waals surface area contributed by atoms with Crippen molar-refractivity contribution < 1.29 is 0 Å². The number of fused-ring (bicyclic) bond motifs is 4. The number of hydrogen-bond acceptors (Lipinski definition) is 1. The zero-order valence-corrected chi connectivity index (χ0v) is 21.9. The Hall–Kier alpha value is -5.14. The summed E-state index contributed by atoms with van der Waals surface area (Å²) in [6.07, 6.45) is 4.58. The molecule has 0 bridgehead atoms. The second-order valence-electron chi connectivity index (χ2n) is 11.0. The number of rotatable bonds is 2. The minimum absolute atomic E-state index is 0.129. The average molecular weight is 508 g/mol. The third-order valence-electron chi connectivity index (χ3n) is 8.84. The van der Waals surface area contributed by atoms with Crippen LogP contribution in [0.15, 0.2) is 139 Å². The maximum Gasteiger partial charge on any atom is 0.0779 e. The minimum atomic E-state index is 0.129. The summed E-state index contributed by atoms with van der Waals surface area (Å²) in [5.74, 6) is 0. The third kappa shape index (κ3) is 3.03. The first-order valence-electron chi connectivity index (χ1n) is 14.0. The van der Waals surface area contributed by atoms with Gasteiger partial charge in [-0.25, -0.2) is 0 Å². The molecule has 0 spiro atoms. The largest absolute Gasteiger partial charge is 0.374 e. The zero-order chi connectivity index (χ0) is 26.2. The second kappa shape index (κ2) is 8.18. The average Bonchev–Trinajstić information content (AvgIpc) is 3.02. The van der Waals surface area contributed by atoms with Gasteiger partial charge in [0.1, 0.15) is 0 Å². The van der Waals surface area contributed by atoms with Crippen LogP contribution in [-0.4, -0.2) is 0 Å². The summed E-state index contributed by atoms with van der Waals surface area (Å²) < 4.78 is 0. The smallest absolute Gasteiger partial charge is 0.0779 e. The van der Waals surface area contributed by atoms with E-state index in [1.165, 1.54) is 82.5 Å². The first-order valence-corrected chi connectivity index (χ1v) is 14.0. The molecule has 7 aromatic carbocycles. The fourth-order valence-corrected chi connectivity index (χ4v) is 7.04. The highest BCUT2D eigenvalue weighted by molar-refractivity contribution is 6.25. The quantitative estimate of drug-likeness (QED) is 0.230. The van der Waals surface area contributed by atoms with Crippen molar-refractivity contribution in [1.82, 2.24) is 0 Å². The van der Waals surface area contributed by atoms with Crippen molar-refractivity contribution in [3.05, 3.63) is 161 Å². The van der Waals surface area contributed by atoms with Crippen molar-refractivity contribution in [3.8, 4) is 11.1 Å². The van der Waals surface area contributed by atoms with Gasteiger partial charge in [0.05, 0.1) is 6.04 Å². The fourth-order valence-electron chi connectivity index (χ4n) is 7.04. The summed E-state index contributed by atoms with van der Waals surface area (Å²) >= 11 is 0. The van der Waals surface area contributed by atoms with Crippen molar-refractivity contribution in [2.24, 2.45) is 0 Å². The molecule has 1 N–H and O–H groups in total. The molecular formula is C39H25N. The lowest BCUT2D eigenvalue weighted by Gasteiger charge is -2.34. The van der Waals surface area contributed by atoms with Crippen LogP contribution in [0.5, 0.6) is 0 Å². The van der Waals surface area contributed by atoms with Crippen LogP contribution in [-0.2, 0) is 0 Å². The van der Waals surface area contributed by atoms with Gasteiger partial charge in [0.2, 0.25) is 0 Å². The van der Waals surface area contributed by atoms with Crippen LogP contribution in [0.1, 0.15) is 28.3 Å². The van der Waals surface area contributed by atoms with Crippen molar-refractivity contribution in [1.29, 1.82) is 0 Å². The lowest BCUT2D eigenvalue weighted by atomic mass is 9.79. The Bertz CT molecular complexity index is 2180. The van der Waals surface area contributed by atoms with Gasteiger partial charge in [0, 0.05) is 11.3 Å². The van der Waals surface area contributed by atoms with E-state index >= 15 is 0 Å². The third-order valence-corrected chi connectivity index (χ3v) is 8.84. The van der Waals surface area contributed by atoms with Gasteiger partial charge in [-0.15, -0.1) is 0 Å². The van der Waals surface area contributed by atoms with Gasteiger partial charge in [0.15, 0.2) is 0 Å². The van der Waals surface area contributed by atoms with E-state index in [0.717, 1.165) is 0 Å². The normalized spacial score (nSPS) is 15.8. The van der Waals surface area contributed by atoms with Crippen LogP contribution in [0.25, 0.3) is 55.1 Å². The molecular weight excluding hydrogens is 482 g/mol. The van der Waals surface area contributed by atoms with E-state index in [2.05, 4.69) is 145 Å². The predicted octanol–water partition coefficient (Wildman–Crippen LogP) is 10.2. The molecule has 1 aliphatic carbocycles. The molecule has 1 atom stereocenters. The Morgan fingerprint density at radius 2 is 1.23 bits per heavy atom. The van der Waals surface area contributed by atoms with E-state index in [0.29, 0.717) is 0 Å². The molecule has 2 aliphatic rings. The highest BCUT2D eigenvalue weighted by Gasteiger charge is 2.30. The SMILES string of the molecule is C1=Cc2ccccc2C2Nc3ccccc3C(c3cccc(-c4ccc5ccc6cccc7ccc4c5c67)c3)=C12. The monoisotopic (exact) mass is 507 g/mol. The summed E-state index contributed by atoms with van der Waals surface area (Å²) in [5.41, 5.74) is 11.5. The van der Waals surface area contributed by atoms with Crippen molar-refractivity contribution >= 4 is 49.7 Å². The lowest BCUT2D eigenvalue weighted by Crippen LogP contribution is -2.22. The number of anilines is 1. The standard InChI is InChI=1S/C39H25N/c1-2-12-31-24(7-1)17-22-34-37(33-13-3-4-14-35(33)40-39(31)34)29-11-6-10-28(23-29)30-20-18-27-16-15-25-8-5-9-26-19-21-32(30)38(27)36(25)26/h1-23,39-40H. The van der Waals surface area contributed by atoms with E-state index in [-0.39, 0.29) is 6.04 Å². The van der Waals surface area contributed by atoms with Crippen LogP contribution in [0.4, 0.5) is 5.69 Å². The summed E-state index contributed by atoms with van der Waals surface area (Å²) in [4.78, 5) is 0. The van der Waals surface area contributed by atoms with Crippen LogP contribution in [0.3, 0.4) is 0 Å². The van der Waals surface area contributed by atoms with Gasteiger partial charge in [-0.2, -0.15) is 0 Å². The molecule has 1 heterocycles. The summed E-state index contributed by atoms with van der Waals surface area (Å²) in [7, 11) is 0. The molecule has 40 heavy (non-hydrogen) atoms. The van der Waals surface area contributed by atoms with Crippen LogP contribution in [0, 0.1) is 0 Å². The maximum absolute atomic E-state index is 3.84. The summed E-state index contributed by atoms with van der Waals surface area (Å²) in [5, 5.41) is 11.8. The number of para-hydroxylation sites is 1. The highest BCUT2D eigenvalue weighted by Crippen LogP contribution is 2.47. The summed E-state index contributed by atoms with van der Waals surface area (Å²) in [6.45, 7) is 0. The van der Waals surface area contributed by atoms with Gasteiger partial charge in [-0.1, -0.05) is 127 Å². The first kappa shape index (κ1) is 21.8. The van der Waals surface area contributed by atoms with Crippen LogP contribution < -0.4 is 5.32 Å². The summed E-state index contributed by atoms with van der Waals surface area (Å²) in [6, 6.07) is 47.0. The Morgan fingerprint density at radius 1 is 0.500 bits per heavy atom. The number of nitrogens with one attached hydrogen (secondary N) is 1. The van der Waals surface area contributed by atoms with Gasteiger partial charge in [-0.05, 0) is 83.4 Å². The van der Waals surface area contributed by atoms with E-state index < -0.39 is 0 Å².